The molecule has 0 aliphatic heterocycles. The highest BCUT2D eigenvalue weighted by molar-refractivity contribution is 5.91. The molecule has 1 aliphatic carbocycles. The van der Waals surface area contributed by atoms with Crippen molar-refractivity contribution in [2.45, 2.75) is 67.7 Å². The van der Waals surface area contributed by atoms with Crippen molar-refractivity contribution in [2.75, 3.05) is 0 Å². The number of rotatable bonds is 6. The van der Waals surface area contributed by atoms with Gasteiger partial charge in [0.15, 0.2) is 0 Å². The van der Waals surface area contributed by atoms with Crippen molar-refractivity contribution in [1.82, 2.24) is 0 Å². The van der Waals surface area contributed by atoms with E-state index in [-0.39, 0.29) is 0 Å². The predicted octanol–water partition coefficient (Wildman–Crippen LogP) is 9.47. The zero-order valence-electron chi connectivity index (χ0n) is 20.8. The van der Waals surface area contributed by atoms with Gasteiger partial charge in [0.1, 0.15) is 0 Å². The van der Waals surface area contributed by atoms with Crippen LogP contribution >= 0.6 is 0 Å². The van der Waals surface area contributed by atoms with Gasteiger partial charge < -0.3 is 0 Å². The quantitative estimate of drug-likeness (QED) is 0.415. The number of benzene rings is 1. The zero-order chi connectivity index (χ0) is 23.5. The molecule has 0 amide bonds. The van der Waals surface area contributed by atoms with E-state index in [1.165, 1.54) is 39.0 Å². The van der Waals surface area contributed by atoms with Gasteiger partial charge in [0.2, 0.25) is 0 Å². The fraction of sp³-hybridized carbons (Fsp3) is 0.333. The summed E-state index contributed by atoms with van der Waals surface area (Å²) in [7, 11) is 0. The Kier molecular flexibility index (Phi) is 11.7. The lowest BCUT2D eigenvalue weighted by molar-refractivity contribution is 0.739. The highest BCUT2D eigenvalue weighted by Gasteiger charge is 2.46. The van der Waals surface area contributed by atoms with Gasteiger partial charge in [-0.1, -0.05) is 119 Å². The van der Waals surface area contributed by atoms with E-state index in [4.69, 9.17) is 0 Å². The number of allylic oxidation sites excluding steroid dienone is 11. The molecule has 1 unspecified atom stereocenters. The van der Waals surface area contributed by atoms with E-state index in [0.717, 1.165) is 5.57 Å². The fourth-order valence-corrected chi connectivity index (χ4v) is 4.09. The fourth-order valence-electron chi connectivity index (χ4n) is 4.09. The summed E-state index contributed by atoms with van der Waals surface area (Å²) in [4.78, 5) is 0. The lowest BCUT2D eigenvalue weighted by atomic mass is 9.66. The van der Waals surface area contributed by atoms with Crippen molar-refractivity contribution in [2.24, 2.45) is 0 Å². The second kappa shape index (κ2) is 12.9. The van der Waals surface area contributed by atoms with E-state index >= 15 is 0 Å². The van der Waals surface area contributed by atoms with Gasteiger partial charge in [-0.05, 0) is 62.5 Å². The predicted molar refractivity (Wildman–Crippen MR) is 140 cm³/mol. The third-order valence-corrected chi connectivity index (χ3v) is 5.00. The molecule has 1 aromatic carbocycles. The van der Waals surface area contributed by atoms with Crippen molar-refractivity contribution in [3.63, 3.8) is 0 Å². The summed E-state index contributed by atoms with van der Waals surface area (Å²) in [5.41, 5.74) is 9.27. The van der Waals surface area contributed by atoms with Crippen LogP contribution in [0.5, 0.6) is 0 Å². The average molecular weight is 403 g/mol. The molecule has 1 aromatic rings. The summed E-state index contributed by atoms with van der Waals surface area (Å²) < 4.78 is 0. The molecular formula is C30H42. The first-order valence-corrected chi connectivity index (χ1v) is 11.1. The van der Waals surface area contributed by atoms with Gasteiger partial charge in [0.25, 0.3) is 0 Å². The summed E-state index contributed by atoms with van der Waals surface area (Å²) in [6.07, 6.45) is 12.4. The molecule has 30 heavy (non-hydrogen) atoms. The van der Waals surface area contributed by atoms with E-state index in [0.29, 0.717) is 0 Å². The molecule has 0 radical (unpaired) electrons. The van der Waals surface area contributed by atoms with Crippen LogP contribution < -0.4 is 0 Å². The van der Waals surface area contributed by atoms with E-state index in [1.54, 1.807) is 0 Å². The molecule has 1 aliphatic rings. The van der Waals surface area contributed by atoms with Gasteiger partial charge in [0, 0.05) is 0 Å². The highest BCUT2D eigenvalue weighted by atomic mass is 14.5. The summed E-state index contributed by atoms with van der Waals surface area (Å²) in [5.74, 6) is 0. The first-order valence-electron chi connectivity index (χ1n) is 11.1. The van der Waals surface area contributed by atoms with Crippen LogP contribution in [0.3, 0.4) is 0 Å². The third-order valence-electron chi connectivity index (χ3n) is 5.00. The number of hydrogen-bond acceptors (Lipinski definition) is 0. The molecule has 0 aromatic heterocycles. The Bertz CT molecular complexity index is 877. The molecule has 0 saturated carbocycles. The van der Waals surface area contributed by atoms with Gasteiger partial charge >= 0.3 is 0 Å². The van der Waals surface area contributed by atoms with E-state index in [1.807, 2.05) is 39.8 Å². The van der Waals surface area contributed by atoms with Gasteiger partial charge in [0.05, 0.1) is 5.41 Å². The van der Waals surface area contributed by atoms with E-state index in [9.17, 15) is 0 Å². The van der Waals surface area contributed by atoms with Crippen molar-refractivity contribution in [3.8, 4) is 0 Å². The van der Waals surface area contributed by atoms with Crippen molar-refractivity contribution in [3.05, 3.63) is 113 Å². The summed E-state index contributed by atoms with van der Waals surface area (Å²) in [5, 5.41) is 0. The smallest absolute Gasteiger partial charge is 0.0667 e. The first-order chi connectivity index (χ1) is 14.3. The summed E-state index contributed by atoms with van der Waals surface area (Å²) in [6.45, 7) is 31.2. The van der Waals surface area contributed by atoms with Crippen LogP contribution in [0.2, 0.25) is 0 Å². The maximum absolute atomic E-state index is 4.52. The van der Waals surface area contributed by atoms with Gasteiger partial charge in [-0.3, -0.25) is 0 Å². The molecule has 0 heterocycles. The molecule has 0 N–H and O–H groups in total. The second-order valence-electron chi connectivity index (χ2n) is 7.16. The highest BCUT2D eigenvalue weighted by Crippen LogP contribution is 2.55. The van der Waals surface area contributed by atoms with Gasteiger partial charge in [-0.25, -0.2) is 0 Å². The Morgan fingerprint density at radius 2 is 1.60 bits per heavy atom. The monoisotopic (exact) mass is 402 g/mol. The van der Waals surface area contributed by atoms with Crippen LogP contribution in [-0.2, 0) is 5.41 Å². The SMILES string of the molecule is C=C/C=C(\C)C1(C(=C)C=C(C)C)C(C=C)=C(/C=C\C)c2ccc(C)cc21.CC.CC. The Morgan fingerprint density at radius 3 is 2.07 bits per heavy atom. The summed E-state index contributed by atoms with van der Waals surface area (Å²) >= 11 is 0. The lowest BCUT2D eigenvalue weighted by Crippen LogP contribution is -2.29. The molecule has 0 spiro atoms. The summed E-state index contributed by atoms with van der Waals surface area (Å²) in [6, 6.07) is 6.69. The Balaban J connectivity index is 0.00000198. The molecule has 0 nitrogen and oxygen atoms in total. The largest absolute Gasteiger partial charge is 0.0991 e. The molecule has 0 fully saturated rings. The Hall–Kier alpha value is -2.60. The molecule has 0 saturated heterocycles. The van der Waals surface area contributed by atoms with Crippen LogP contribution in [0, 0.1) is 6.92 Å². The molecule has 0 heteroatoms. The standard InChI is InChI=1S/C26H30.2C2H6/c1-9-12-20(7)26(21(8)16-18(4)5)24(11-3)22(13-10-2)23-15-14-19(6)17-25(23)26;2*1-2/h9-17H,1,3,8H2,2,4-7H3;2*1-2H3/b13-10-,20-12+;;. The molecule has 2 rings (SSSR count). The maximum Gasteiger partial charge on any atom is 0.0667 e. The minimum Gasteiger partial charge on any atom is -0.0991 e. The van der Waals surface area contributed by atoms with Crippen LogP contribution in [-0.4, -0.2) is 0 Å². The van der Waals surface area contributed by atoms with Crippen LogP contribution in [0.15, 0.2) is 96.7 Å². The topological polar surface area (TPSA) is 0 Å². The van der Waals surface area contributed by atoms with Crippen LogP contribution in [0.25, 0.3) is 5.57 Å². The number of fused-ring (bicyclic) bond motifs is 1. The Morgan fingerprint density at radius 1 is 1.00 bits per heavy atom. The first kappa shape index (κ1) is 27.4. The van der Waals surface area contributed by atoms with E-state index < -0.39 is 5.41 Å². The number of aryl methyl sites for hydroxylation is 1. The molecule has 1 atom stereocenters. The van der Waals surface area contributed by atoms with E-state index in [2.05, 4.69) is 96.9 Å². The minimum atomic E-state index is -0.413. The molecule has 0 bridgehead atoms. The maximum atomic E-state index is 4.52. The molecular weight excluding hydrogens is 360 g/mol. The van der Waals surface area contributed by atoms with Crippen LogP contribution in [0.1, 0.15) is 72.1 Å². The lowest BCUT2D eigenvalue weighted by Gasteiger charge is -2.36. The zero-order valence-corrected chi connectivity index (χ0v) is 20.8. The normalized spacial score (nSPS) is 17.3. The number of hydrogen-bond donors (Lipinski definition) is 0. The third kappa shape index (κ3) is 5.11. The van der Waals surface area contributed by atoms with Crippen molar-refractivity contribution < 1.29 is 0 Å². The van der Waals surface area contributed by atoms with Crippen molar-refractivity contribution >= 4 is 5.57 Å². The second-order valence-corrected chi connectivity index (χ2v) is 7.16. The Labute approximate surface area is 186 Å². The average Bonchev–Trinajstić information content (AvgIpc) is 3.00. The van der Waals surface area contributed by atoms with Crippen molar-refractivity contribution in [1.29, 1.82) is 0 Å². The minimum absolute atomic E-state index is 0.413. The van der Waals surface area contributed by atoms with Gasteiger partial charge in [-0.2, -0.15) is 0 Å². The molecule has 162 valence electrons. The van der Waals surface area contributed by atoms with Crippen LogP contribution in [0.4, 0.5) is 0 Å². The van der Waals surface area contributed by atoms with Gasteiger partial charge in [-0.15, -0.1) is 0 Å².